The third-order valence-corrected chi connectivity index (χ3v) is 4.58. The van der Waals surface area contributed by atoms with Crippen LogP contribution in [0.3, 0.4) is 0 Å². The standard InChI is InChI=1S/C23H32N2O3/c1-5-22(26)25(15-18(2)3)17-23(27)24(16-21-12-11-19(4)28-21)14-13-20-9-7-6-8-10-20/h6-12,18H,5,13-17H2,1-4H3. The zero-order valence-corrected chi connectivity index (χ0v) is 17.5. The van der Waals surface area contributed by atoms with E-state index < -0.39 is 0 Å². The molecular weight excluding hydrogens is 352 g/mol. The van der Waals surface area contributed by atoms with Crippen molar-refractivity contribution in [3.05, 3.63) is 59.5 Å². The van der Waals surface area contributed by atoms with Crippen LogP contribution >= 0.6 is 0 Å². The first-order chi connectivity index (χ1) is 13.4. The summed E-state index contributed by atoms with van der Waals surface area (Å²) in [5.74, 6) is 1.87. The zero-order valence-electron chi connectivity index (χ0n) is 17.5. The normalized spacial score (nSPS) is 10.9. The lowest BCUT2D eigenvalue weighted by molar-refractivity contribution is -0.141. The number of hydrogen-bond acceptors (Lipinski definition) is 3. The molecule has 152 valence electrons. The Hall–Kier alpha value is -2.56. The second kappa shape index (κ2) is 10.7. The quantitative estimate of drug-likeness (QED) is 0.621. The Labute approximate surface area is 168 Å². The molecule has 1 aromatic heterocycles. The molecular formula is C23H32N2O3. The summed E-state index contributed by atoms with van der Waals surface area (Å²) in [5, 5.41) is 0. The molecule has 0 bridgehead atoms. The molecule has 0 aliphatic rings. The summed E-state index contributed by atoms with van der Waals surface area (Å²) in [4.78, 5) is 28.8. The molecule has 0 radical (unpaired) electrons. The minimum atomic E-state index is -0.0487. The minimum absolute atomic E-state index is 0.0129. The van der Waals surface area contributed by atoms with Crippen molar-refractivity contribution in [1.29, 1.82) is 0 Å². The number of rotatable bonds is 10. The van der Waals surface area contributed by atoms with Crippen molar-refractivity contribution in [2.45, 2.75) is 47.1 Å². The first kappa shape index (κ1) is 21.7. The number of amides is 2. The predicted octanol–water partition coefficient (Wildman–Crippen LogP) is 4.05. The molecule has 0 saturated carbocycles. The molecule has 2 rings (SSSR count). The Morgan fingerprint density at radius 3 is 2.29 bits per heavy atom. The fraction of sp³-hybridized carbons (Fsp3) is 0.478. The largest absolute Gasteiger partial charge is 0.464 e. The van der Waals surface area contributed by atoms with Crippen LogP contribution in [0.15, 0.2) is 46.9 Å². The Balaban J connectivity index is 2.10. The Morgan fingerprint density at radius 2 is 1.71 bits per heavy atom. The molecule has 5 nitrogen and oxygen atoms in total. The van der Waals surface area contributed by atoms with Crippen molar-refractivity contribution in [2.24, 2.45) is 5.92 Å². The van der Waals surface area contributed by atoms with Crippen molar-refractivity contribution >= 4 is 11.8 Å². The lowest BCUT2D eigenvalue weighted by atomic mass is 10.1. The summed E-state index contributed by atoms with van der Waals surface area (Å²) in [6.07, 6.45) is 1.17. The Kier molecular flexibility index (Phi) is 8.30. The number of hydrogen-bond donors (Lipinski definition) is 0. The molecule has 0 fully saturated rings. The summed E-state index contributed by atoms with van der Waals surface area (Å²) >= 11 is 0. The minimum Gasteiger partial charge on any atom is -0.464 e. The maximum absolute atomic E-state index is 13.1. The van der Waals surface area contributed by atoms with Gasteiger partial charge in [0.1, 0.15) is 11.5 Å². The highest BCUT2D eigenvalue weighted by molar-refractivity contribution is 5.84. The van der Waals surface area contributed by atoms with Crippen LogP contribution < -0.4 is 0 Å². The van der Waals surface area contributed by atoms with Gasteiger partial charge in [0.2, 0.25) is 11.8 Å². The van der Waals surface area contributed by atoms with Crippen LogP contribution in [0.2, 0.25) is 0 Å². The van der Waals surface area contributed by atoms with Gasteiger partial charge in [-0.1, -0.05) is 51.1 Å². The molecule has 1 aromatic carbocycles. The second-order valence-electron chi connectivity index (χ2n) is 7.58. The van der Waals surface area contributed by atoms with Crippen LogP contribution in [0, 0.1) is 12.8 Å². The second-order valence-corrected chi connectivity index (χ2v) is 7.58. The number of carbonyl (C=O) groups is 2. The van der Waals surface area contributed by atoms with Crippen molar-refractivity contribution in [1.82, 2.24) is 9.80 Å². The molecule has 5 heteroatoms. The monoisotopic (exact) mass is 384 g/mol. The number of furan rings is 1. The van der Waals surface area contributed by atoms with E-state index in [0.29, 0.717) is 32.0 Å². The van der Waals surface area contributed by atoms with E-state index in [2.05, 4.69) is 26.0 Å². The molecule has 0 atom stereocenters. The van der Waals surface area contributed by atoms with E-state index in [1.807, 2.05) is 44.2 Å². The van der Waals surface area contributed by atoms with E-state index in [9.17, 15) is 9.59 Å². The van der Waals surface area contributed by atoms with Crippen LogP contribution in [0.25, 0.3) is 0 Å². The molecule has 0 aliphatic heterocycles. The van der Waals surface area contributed by atoms with E-state index in [1.165, 1.54) is 5.56 Å². The summed E-state index contributed by atoms with van der Waals surface area (Å²) in [6, 6.07) is 13.9. The summed E-state index contributed by atoms with van der Waals surface area (Å²) < 4.78 is 5.68. The number of nitrogens with zero attached hydrogens (tertiary/aromatic N) is 2. The van der Waals surface area contributed by atoms with Gasteiger partial charge < -0.3 is 14.2 Å². The molecule has 0 unspecified atom stereocenters. The van der Waals surface area contributed by atoms with E-state index in [4.69, 9.17) is 4.42 Å². The van der Waals surface area contributed by atoms with Gasteiger partial charge >= 0.3 is 0 Å². The van der Waals surface area contributed by atoms with Gasteiger partial charge in [0, 0.05) is 19.5 Å². The van der Waals surface area contributed by atoms with Gasteiger partial charge in [0.25, 0.3) is 0 Å². The lowest BCUT2D eigenvalue weighted by Gasteiger charge is -2.28. The molecule has 28 heavy (non-hydrogen) atoms. The summed E-state index contributed by atoms with van der Waals surface area (Å²) in [7, 11) is 0. The van der Waals surface area contributed by atoms with E-state index in [-0.39, 0.29) is 18.4 Å². The van der Waals surface area contributed by atoms with E-state index >= 15 is 0 Å². The average Bonchev–Trinajstić information content (AvgIpc) is 3.09. The molecule has 0 saturated heterocycles. The van der Waals surface area contributed by atoms with E-state index in [0.717, 1.165) is 17.9 Å². The Bertz CT molecular complexity index is 752. The van der Waals surface area contributed by atoms with Crippen molar-refractivity contribution in [2.75, 3.05) is 19.6 Å². The highest BCUT2D eigenvalue weighted by atomic mass is 16.3. The summed E-state index contributed by atoms with van der Waals surface area (Å²) in [5.41, 5.74) is 1.18. The van der Waals surface area contributed by atoms with Gasteiger partial charge in [0.15, 0.2) is 0 Å². The third kappa shape index (κ3) is 6.87. The highest BCUT2D eigenvalue weighted by Gasteiger charge is 2.22. The van der Waals surface area contributed by atoms with Gasteiger partial charge in [-0.2, -0.15) is 0 Å². The molecule has 0 aliphatic carbocycles. The van der Waals surface area contributed by atoms with Crippen LogP contribution in [-0.4, -0.2) is 41.2 Å². The topological polar surface area (TPSA) is 53.8 Å². The number of carbonyl (C=O) groups excluding carboxylic acids is 2. The van der Waals surface area contributed by atoms with E-state index in [1.54, 1.807) is 9.80 Å². The maximum atomic E-state index is 13.1. The van der Waals surface area contributed by atoms with Crippen LogP contribution in [0.5, 0.6) is 0 Å². The van der Waals surface area contributed by atoms with Gasteiger partial charge in [0.05, 0.1) is 13.1 Å². The lowest BCUT2D eigenvalue weighted by Crippen LogP contribution is -2.44. The molecule has 2 aromatic rings. The molecule has 0 spiro atoms. The van der Waals surface area contributed by atoms with Crippen LogP contribution in [0.1, 0.15) is 44.3 Å². The number of aryl methyl sites for hydroxylation is 1. The fourth-order valence-electron chi connectivity index (χ4n) is 3.14. The van der Waals surface area contributed by atoms with Crippen LogP contribution in [0.4, 0.5) is 0 Å². The van der Waals surface area contributed by atoms with Gasteiger partial charge in [-0.05, 0) is 37.0 Å². The Morgan fingerprint density at radius 1 is 1.00 bits per heavy atom. The van der Waals surface area contributed by atoms with Gasteiger partial charge in [-0.3, -0.25) is 9.59 Å². The van der Waals surface area contributed by atoms with Gasteiger partial charge in [-0.25, -0.2) is 0 Å². The van der Waals surface area contributed by atoms with Crippen molar-refractivity contribution < 1.29 is 14.0 Å². The first-order valence-corrected chi connectivity index (χ1v) is 10.0. The number of benzene rings is 1. The molecule has 2 amide bonds. The summed E-state index contributed by atoms with van der Waals surface area (Å²) in [6.45, 7) is 9.53. The SMILES string of the molecule is CCC(=O)N(CC(=O)N(CCc1ccccc1)Cc1ccc(C)o1)CC(C)C. The molecule has 1 heterocycles. The highest BCUT2D eigenvalue weighted by Crippen LogP contribution is 2.12. The zero-order chi connectivity index (χ0) is 20.5. The van der Waals surface area contributed by atoms with Crippen LogP contribution in [-0.2, 0) is 22.6 Å². The maximum Gasteiger partial charge on any atom is 0.242 e. The van der Waals surface area contributed by atoms with Crippen molar-refractivity contribution in [3.8, 4) is 0 Å². The predicted molar refractivity (Wildman–Crippen MR) is 111 cm³/mol. The molecule has 0 N–H and O–H groups in total. The smallest absolute Gasteiger partial charge is 0.242 e. The first-order valence-electron chi connectivity index (χ1n) is 10.0. The average molecular weight is 385 g/mol. The van der Waals surface area contributed by atoms with Gasteiger partial charge in [-0.15, -0.1) is 0 Å². The fourth-order valence-corrected chi connectivity index (χ4v) is 3.14. The van der Waals surface area contributed by atoms with Crippen molar-refractivity contribution in [3.63, 3.8) is 0 Å². The third-order valence-electron chi connectivity index (χ3n) is 4.58.